The predicted molar refractivity (Wildman–Crippen MR) is 302 cm³/mol. The van der Waals surface area contributed by atoms with Crippen LogP contribution in [0, 0.1) is 11.4 Å². The van der Waals surface area contributed by atoms with Gasteiger partial charge in [-0.3, -0.25) is 33.1 Å². The van der Waals surface area contributed by atoms with Gasteiger partial charge in [-0.15, -0.1) is 9.05 Å². The molecule has 0 aliphatic carbocycles. The van der Waals surface area contributed by atoms with Crippen LogP contribution in [-0.4, -0.2) is 204 Å². The van der Waals surface area contributed by atoms with Gasteiger partial charge in [0.25, 0.3) is 0 Å². The molecule has 36 nitrogen and oxygen atoms in total. The van der Waals surface area contributed by atoms with Gasteiger partial charge >= 0.3 is 33.2 Å². The Morgan fingerprint density at radius 3 is 2.11 bits per heavy atom. The Hall–Kier alpha value is -8.06. The molecular formula is C47H64FN20O16P2S+. The molecule has 5 aromatic rings. The molecule has 4 aromatic heterocycles. The minimum absolute atomic E-state index is 0.00173. The number of alkyl halides is 1. The lowest BCUT2D eigenvalue weighted by Crippen LogP contribution is -2.55. The fraction of sp³-hybridized carbons (Fsp3) is 0.532. The first-order chi connectivity index (χ1) is 41.4. The van der Waals surface area contributed by atoms with Gasteiger partial charge < -0.3 is 76.6 Å². The maximum atomic E-state index is 16.4. The van der Waals surface area contributed by atoms with E-state index in [4.69, 9.17) is 71.6 Å². The molecule has 40 heteroatoms. The SMILES string of the molecule is CC(C)[C@H](NC(=O)CN(C)N=N)C(=O)N[C@@H](CCCNC(N)=O)C(=O)Nc1ccc(COC(=O)N(C)CCN(C)C(=O)O[C@@H]2[C@@H]3O[P+](=O)OC[C@H]4O[C@@H](n5cnc6c(N)ncnc65)[C@H](F)[C@@H]4OP(O)(=S)OC[C@H]3O[C@H]2n2cnc3c(N)ncnc32)cc1. The molecule has 3 aliphatic heterocycles. The van der Waals surface area contributed by atoms with Gasteiger partial charge in [0.15, 0.2) is 53.8 Å². The summed E-state index contributed by atoms with van der Waals surface area (Å²) in [6, 6.07) is 3.31. The number of rotatable bonds is 21. The van der Waals surface area contributed by atoms with Crippen LogP contribution in [0.25, 0.3) is 22.3 Å². The number of anilines is 3. The number of nitrogens with one attached hydrogen (secondary N) is 5. The molecule has 470 valence electrons. The zero-order chi connectivity index (χ0) is 62.9. The Balaban J connectivity index is 0.882. The third-order valence-electron chi connectivity index (χ3n) is 13.7. The Morgan fingerprint density at radius 2 is 1.49 bits per heavy atom. The molecule has 7 amide bonds. The highest BCUT2D eigenvalue weighted by atomic mass is 32.5. The number of hydrogen-bond donors (Lipinski definition) is 9. The number of aromatic nitrogens is 8. The van der Waals surface area contributed by atoms with Crippen LogP contribution in [0.2, 0.25) is 0 Å². The van der Waals surface area contributed by atoms with E-state index in [1.54, 1.807) is 38.1 Å². The second kappa shape index (κ2) is 28.6. The van der Waals surface area contributed by atoms with E-state index in [1.165, 1.54) is 47.8 Å². The standard InChI is InChI=1S/C47H63FN20O16P2S/c1-23(2)31(62-29(69)15-66(5)63-52)42(71)61-26(7-6-12-53-45(51)72)41(70)60-25-10-8-24(9-11-25)16-77-46(73)64(3)13-14-65(4)47(74)82-36-35-28(81-44(36)68-22-59-33-38(50)55-20-57-40(33)68)18-79-86(76,87)84-34-27(17-78-85(75)83-35)80-43(30(34)48)67-21-58-32-37(49)54-19-56-39(32)67/h8-11,19-23,26-28,30-31,34-36,43-44,52H,6-7,12-18H2,1-5H3,(H10-,49,50,51,53,54,55,56,57,60,61,62,69,70,71,72,76,87)/p+1/t26-,27+,28+,30+,31-,34+,35+,36+,43+,44+,86?/m0/s1. The number of likely N-dealkylation sites (N-methyl/N-ethyl adjacent to an activating group) is 3. The van der Waals surface area contributed by atoms with Crippen LogP contribution in [0.1, 0.15) is 44.7 Å². The lowest BCUT2D eigenvalue weighted by atomic mass is 10.0. The molecule has 1 aromatic carbocycles. The Kier molecular flexibility index (Phi) is 21.4. The average molecular weight is 1280 g/mol. The molecule has 3 aliphatic rings. The van der Waals surface area contributed by atoms with Crippen molar-refractivity contribution in [3.63, 3.8) is 0 Å². The molecule has 0 spiro atoms. The second-order valence-electron chi connectivity index (χ2n) is 20.3. The molecule has 0 bridgehead atoms. The number of ether oxygens (including phenoxy) is 4. The van der Waals surface area contributed by atoms with E-state index >= 15 is 4.39 Å². The molecule has 12 N–H and O–H groups in total. The highest BCUT2D eigenvalue weighted by Gasteiger charge is 2.57. The summed E-state index contributed by atoms with van der Waals surface area (Å²) in [7, 11) is 1.02. The summed E-state index contributed by atoms with van der Waals surface area (Å²) in [5.41, 5.74) is 25.6. The maximum Gasteiger partial charge on any atom is 0.698 e. The Labute approximate surface area is 499 Å². The van der Waals surface area contributed by atoms with Crippen molar-refractivity contribution in [1.29, 1.82) is 5.53 Å². The van der Waals surface area contributed by atoms with E-state index in [-0.39, 0.29) is 79.6 Å². The largest absolute Gasteiger partial charge is 0.698 e. The van der Waals surface area contributed by atoms with E-state index in [1.807, 2.05) is 0 Å². The van der Waals surface area contributed by atoms with Gasteiger partial charge in [-0.25, -0.2) is 48.7 Å². The smallest absolute Gasteiger partial charge is 0.445 e. The molecule has 8 rings (SSSR count). The van der Waals surface area contributed by atoms with Crippen molar-refractivity contribution >= 4 is 102 Å². The number of primary amides is 1. The number of nitrogens with two attached hydrogens (primary N) is 3. The van der Waals surface area contributed by atoms with Crippen LogP contribution in [-0.2, 0) is 74.4 Å². The van der Waals surface area contributed by atoms with Crippen molar-refractivity contribution in [3.8, 4) is 0 Å². The molecule has 3 saturated heterocycles. The average Bonchev–Trinajstić information content (AvgIpc) is 1.77. The van der Waals surface area contributed by atoms with Gasteiger partial charge in [0.05, 0.1) is 19.3 Å². The number of carbonyl (C=O) groups excluding carboxylic acids is 6. The minimum Gasteiger partial charge on any atom is -0.445 e. The Morgan fingerprint density at radius 1 is 0.885 bits per heavy atom. The van der Waals surface area contributed by atoms with Crippen LogP contribution < -0.4 is 38.5 Å². The lowest BCUT2D eigenvalue weighted by Gasteiger charge is -2.27. The number of imidazole rings is 2. The van der Waals surface area contributed by atoms with Gasteiger partial charge in [-0.05, 0) is 48.3 Å². The van der Waals surface area contributed by atoms with Crippen molar-refractivity contribution < 1.29 is 79.7 Å². The minimum atomic E-state index is -4.42. The van der Waals surface area contributed by atoms with Crippen LogP contribution in [0.5, 0.6) is 0 Å². The molecule has 0 radical (unpaired) electrons. The first-order valence-electron chi connectivity index (χ1n) is 26.6. The summed E-state index contributed by atoms with van der Waals surface area (Å²) < 4.78 is 79.7. The van der Waals surface area contributed by atoms with E-state index < -0.39 is 131 Å². The summed E-state index contributed by atoms with van der Waals surface area (Å²) in [4.78, 5) is 117. The summed E-state index contributed by atoms with van der Waals surface area (Å²) in [5.74, 6) is -2.22. The molecule has 2 unspecified atom stereocenters. The molecule has 3 fully saturated rings. The van der Waals surface area contributed by atoms with Gasteiger partial charge in [0, 0.05) is 51.0 Å². The number of amides is 7. The van der Waals surface area contributed by atoms with Gasteiger partial charge in [-0.2, -0.15) is 5.53 Å². The van der Waals surface area contributed by atoms with E-state index in [0.717, 1.165) is 22.6 Å². The van der Waals surface area contributed by atoms with E-state index in [0.29, 0.717) is 11.3 Å². The van der Waals surface area contributed by atoms with E-state index in [2.05, 4.69) is 56.4 Å². The second-order valence-corrected chi connectivity index (χ2v) is 24.0. The van der Waals surface area contributed by atoms with Crippen LogP contribution in [0.15, 0.2) is 54.8 Å². The van der Waals surface area contributed by atoms with Crippen molar-refractivity contribution in [2.45, 2.75) is 94.5 Å². The summed E-state index contributed by atoms with van der Waals surface area (Å²) >= 11 is 5.35. The number of nitrogen functional groups attached to an aromatic ring is 2. The third kappa shape index (κ3) is 16.1. The van der Waals surface area contributed by atoms with Crippen molar-refractivity contribution in [1.82, 2.24) is 69.8 Å². The zero-order valence-corrected chi connectivity index (χ0v) is 49.8. The molecule has 7 heterocycles. The molecule has 0 saturated carbocycles. The van der Waals surface area contributed by atoms with Crippen molar-refractivity contribution in [2.75, 3.05) is 77.3 Å². The summed E-state index contributed by atoms with van der Waals surface area (Å²) in [6.07, 6.45) is -9.11. The highest BCUT2D eigenvalue weighted by Crippen LogP contribution is 2.52. The lowest BCUT2D eigenvalue weighted by molar-refractivity contribution is -0.132. The number of fused-ring (bicyclic) bond motifs is 4. The fourth-order valence-corrected chi connectivity index (χ4v) is 11.3. The predicted octanol–water partition coefficient (Wildman–Crippen LogP) is 1.25. The number of hydrogen-bond acceptors (Lipinski definition) is 26. The number of urea groups is 1. The number of carbonyl (C=O) groups is 6. The van der Waals surface area contributed by atoms with Crippen LogP contribution >= 0.6 is 15.0 Å². The van der Waals surface area contributed by atoms with Gasteiger partial charge in [-0.1, -0.05) is 31.2 Å². The first-order valence-corrected chi connectivity index (χ1v) is 30.2. The number of halogens is 1. The monoisotopic (exact) mass is 1280 g/mol. The Bertz CT molecular complexity index is 3390. The number of nitrogens with zero attached hydrogens (tertiary/aromatic N) is 12. The number of benzene rings is 1. The van der Waals surface area contributed by atoms with Gasteiger partial charge in [0.1, 0.15) is 73.8 Å². The zero-order valence-electron chi connectivity index (χ0n) is 47.2. The highest BCUT2D eigenvalue weighted by molar-refractivity contribution is 8.07. The quantitative estimate of drug-likeness (QED) is 0.0216. The fourth-order valence-electron chi connectivity index (χ4n) is 9.13. The summed E-state index contributed by atoms with van der Waals surface area (Å²) in [5, 5.41) is 14.7. The van der Waals surface area contributed by atoms with Crippen molar-refractivity contribution in [3.05, 3.63) is 55.1 Å². The van der Waals surface area contributed by atoms with Crippen LogP contribution in [0.3, 0.4) is 0 Å². The molecule has 87 heavy (non-hydrogen) atoms. The molecule has 12 atom stereocenters. The summed E-state index contributed by atoms with van der Waals surface area (Å²) in [6.45, 7) is -2.97. The van der Waals surface area contributed by atoms with Crippen molar-refractivity contribution in [2.24, 2.45) is 16.9 Å². The first kappa shape index (κ1) is 64.9. The third-order valence-corrected chi connectivity index (χ3v) is 16.0. The topological polar surface area (TPSA) is 473 Å². The van der Waals surface area contributed by atoms with Gasteiger partial charge in [0.2, 0.25) is 17.7 Å². The van der Waals surface area contributed by atoms with Crippen LogP contribution in [0.4, 0.5) is 36.1 Å². The van der Waals surface area contributed by atoms with E-state index in [9.17, 15) is 38.2 Å². The molecular weight excluding hydrogens is 1210 g/mol. The maximum absolute atomic E-state index is 16.4. The normalized spacial score (nSPS) is 24.1.